The van der Waals surface area contributed by atoms with Crippen LogP contribution < -0.4 is 5.32 Å². The molecule has 0 saturated carbocycles. The number of aliphatic hydroxyl groups excluding tert-OH is 2. The van der Waals surface area contributed by atoms with Crippen molar-refractivity contribution >= 4 is 11.9 Å². The van der Waals surface area contributed by atoms with Gasteiger partial charge in [0.05, 0.1) is 25.4 Å². The monoisotopic (exact) mass is 1270 g/mol. The Hall–Kier alpha value is -1.66. The lowest BCUT2D eigenvalue weighted by atomic mass is 10.0. The van der Waals surface area contributed by atoms with Crippen molar-refractivity contribution in [2.45, 2.75) is 488 Å². The van der Waals surface area contributed by atoms with E-state index in [4.69, 9.17) is 4.74 Å². The van der Waals surface area contributed by atoms with Crippen LogP contribution in [0.4, 0.5) is 0 Å². The maximum atomic E-state index is 12.6. The lowest BCUT2D eigenvalue weighted by Crippen LogP contribution is -2.45. The normalized spacial score (nSPS) is 12.5. The first-order chi connectivity index (χ1) is 44.5. The molecule has 3 N–H and O–H groups in total. The van der Waals surface area contributed by atoms with Crippen LogP contribution in [0.25, 0.3) is 0 Å². The highest BCUT2D eigenvalue weighted by Gasteiger charge is 2.20. The fourth-order valence-electron chi connectivity index (χ4n) is 13.4. The number of allylic oxidation sites excluding steroid dienone is 4. The highest BCUT2D eigenvalue weighted by atomic mass is 16.5. The van der Waals surface area contributed by atoms with Gasteiger partial charge in [-0.05, 0) is 77.0 Å². The van der Waals surface area contributed by atoms with Gasteiger partial charge in [0.1, 0.15) is 0 Å². The van der Waals surface area contributed by atoms with E-state index in [2.05, 4.69) is 43.5 Å². The van der Waals surface area contributed by atoms with Gasteiger partial charge in [-0.1, -0.05) is 411 Å². The Bertz CT molecular complexity index is 1410. The van der Waals surface area contributed by atoms with Gasteiger partial charge in [0.25, 0.3) is 0 Å². The van der Waals surface area contributed by atoms with E-state index in [0.29, 0.717) is 25.9 Å². The van der Waals surface area contributed by atoms with E-state index in [1.165, 1.54) is 398 Å². The summed E-state index contributed by atoms with van der Waals surface area (Å²) in [4.78, 5) is 24.7. The lowest BCUT2D eigenvalue weighted by molar-refractivity contribution is -0.143. The molecule has 2 unspecified atom stereocenters. The number of esters is 1. The fraction of sp³-hybridized carbons (Fsp3) is 0.929. The second-order valence-corrected chi connectivity index (χ2v) is 28.8. The third-order valence-corrected chi connectivity index (χ3v) is 19.7. The van der Waals surface area contributed by atoms with E-state index in [-0.39, 0.29) is 18.5 Å². The predicted octanol–water partition coefficient (Wildman–Crippen LogP) is 27.6. The Morgan fingerprint density at radius 2 is 0.522 bits per heavy atom. The minimum atomic E-state index is -0.663. The van der Waals surface area contributed by atoms with Crippen molar-refractivity contribution in [2.75, 3.05) is 13.2 Å². The Morgan fingerprint density at radius 1 is 0.300 bits per heavy atom. The van der Waals surface area contributed by atoms with E-state index in [9.17, 15) is 19.8 Å². The number of nitrogens with one attached hydrogen (secondary N) is 1. The molecule has 6 nitrogen and oxygen atoms in total. The molecule has 0 aromatic rings. The molecule has 0 aliphatic rings. The summed E-state index contributed by atoms with van der Waals surface area (Å²) >= 11 is 0. The second kappa shape index (κ2) is 79.8. The molecule has 0 fully saturated rings. The number of hydrogen-bond donors (Lipinski definition) is 3. The van der Waals surface area contributed by atoms with Crippen molar-refractivity contribution in [2.24, 2.45) is 0 Å². The summed E-state index contributed by atoms with van der Waals surface area (Å²) in [6, 6.07) is -0.540. The number of unbranched alkanes of at least 4 members (excludes halogenated alkanes) is 64. The second-order valence-electron chi connectivity index (χ2n) is 28.8. The molecular formula is C84H163NO5. The Kier molecular flexibility index (Phi) is 78.3. The molecule has 0 spiro atoms. The summed E-state index contributed by atoms with van der Waals surface area (Å²) < 4.78 is 5.50. The zero-order valence-electron chi connectivity index (χ0n) is 61.4. The molecule has 0 bridgehead atoms. The molecule has 0 aromatic carbocycles. The van der Waals surface area contributed by atoms with E-state index >= 15 is 0 Å². The largest absolute Gasteiger partial charge is 0.466 e. The zero-order valence-corrected chi connectivity index (χ0v) is 61.4. The first kappa shape index (κ1) is 88.3. The standard InChI is InChI=1S/C84H163NO5/c1-3-5-7-9-11-13-15-17-19-20-21-22-36-39-42-45-49-52-56-60-64-68-72-76-82(87)81(80-86)85-83(88)77-73-69-65-61-57-53-50-46-43-40-37-34-32-30-28-26-24-23-25-27-29-31-33-35-38-41-44-47-51-55-59-63-67-71-75-79-90-84(89)78-74-70-66-62-58-54-48-18-16-14-12-10-8-6-4-2/h18,25,27,48,81-82,86-87H,3-17,19-24,26,28-47,49-80H2,1-2H3,(H,85,88)/b27-25-,48-18-. The summed E-state index contributed by atoms with van der Waals surface area (Å²) in [7, 11) is 0. The molecule has 0 aliphatic carbocycles. The third kappa shape index (κ3) is 75.4. The molecule has 0 rings (SSSR count). The maximum absolute atomic E-state index is 12.6. The first-order valence-electron chi connectivity index (χ1n) is 41.6. The van der Waals surface area contributed by atoms with E-state index in [0.717, 1.165) is 44.9 Å². The number of aliphatic hydroxyl groups is 2. The first-order valence-corrected chi connectivity index (χ1v) is 41.6. The molecule has 534 valence electrons. The number of carbonyl (C=O) groups excluding carboxylic acids is 2. The van der Waals surface area contributed by atoms with Crippen molar-refractivity contribution < 1.29 is 24.5 Å². The van der Waals surface area contributed by atoms with Gasteiger partial charge < -0.3 is 20.3 Å². The van der Waals surface area contributed by atoms with Crippen molar-refractivity contribution in [1.29, 1.82) is 0 Å². The molecular weight excluding hydrogens is 1100 g/mol. The molecule has 90 heavy (non-hydrogen) atoms. The summed E-state index contributed by atoms with van der Waals surface area (Å²) in [5, 5.41) is 23.5. The molecule has 6 heteroatoms. The van der Waals surface area contributed by atoms with E-state index in [1.807, 2.05) is 0 Å². The number of hydrogen-bond acceptors (Lipinski definition) is 5. The minimum absolute atomic E-state index is 0.0133. The van der Waals surface area contributed by atoms with Crippen LogP contribution in [0.1, 0.15) is 476 Å². The van der Waals surface area contributed by atoms with Crippen LogP contribution in [0.3, 0.4) is 0 Å². The molecule has 1 amide bonds. The highest BCUT2D eigenvalue weighted by molar-refractivity contribution is 5.76. The number of carbonyl (C=O) groups is 2. The Morgan fingerprint density at radius 3 is 0.789 bits per heavy atom. The maximum Gasteiger partial charge on any atom is 0.305 e. The van der Waals surface area contributed by atoms with Crippen molar-refractivity contribution in [3.05, 3.63) is 24.3 Å². The van der Waals surface area contributed by atoms with Crippen LogP contribution in [-0.4, -0.2) is 47.4 Å². The molecule has 0 aliphatic heterocycles. The molecule has 2 atom stereocenters. The van der Waals surface area contributed by atoms with Crippen LogP contribution in [-0.2, 0) is 14.3 Å². The van der Waals surface area contributed by atoms with Crippen molar-refractivity contribution in [3.8, 4) is 0 Å². The van der Waals surface area contributed by atoms with Crippen molar-refractivity contribution in [3.63, 3.8) is 0 Å². The van der Waals surface area contributed by atoms with Gasteiger partial charge in [-0.3, -0.25) is 9.59 Å². The Labute approximate surface area is 564 Å². The van der Waals surface area contributed by atoms with E-state index in [1.54, 1.807) is 0 Å². The van der Waals surface area contributed by atoms with Crippen LogP contribution in [0, 0.1) is 0 Å². The molecule has 0 radical (unpaired) electrons. The fourth-order valence-corrected chi connectivity index (χ4v) is 13.4. The summed E-state index contributed by atoms with van der Waals surface area (Å²) in [5.74, 6) is -0.0121. The smallest absolute Gasteiger partial charge is 0.305 e. The number of amides is 1. The number of rotatable bonds is 79. The third-order valence-electron chi connectivity index (χ3n) is 19.7. The predicted molar refractivity (Wildman–Crippen MR) is 398 cm³/mol. The van der Waals surface area contributed by atoms with Gasteiger partial charge in [-0.25, -0.2) is 0 Å². The quantitative estimate of drug-likeness (QED) is 0.0320. The van der Waals surface area contributed by atoms with Crippen LogP contribution >= 0.6 is 0 Å². The van der Waals surface area contributed by atoms with Crippen LogP contribution in [0.15, 0.2) is 24.3 Å². The number of ether oxygens (including phenoxy) is 1. The highest BCUT2D eigenvalue weighted by Crippen LogP contribution is 2.20. The molecule has 0 heterocycles. The topological polar surface area (TPSA) is 95.9 Å². The van der Waals surface area contributed by atoms with Gasteiger partial charge in [-0.15, -0.1) is 0 Å². The summed E-state index contributed by atoms with van der Waals surface area (Å²) in [6.45, 7) is 5.00. The van der Waals surface area contributed by atoms with Gasteiger partial charge in [-0.2, -0.15) is 0 Å². The Balaban J connectivity index is 3.34. The van der Waals surface area contributed by atoms with Gasteiger partial charge in [0.15, 0.2) is 0 Å². The minimum Gasteiger partial charge on any atom is -0.466 e. The average Bonchev–Trinajstić information content (AvgIpc) is 3.68. The molecule has 0 aromatic heterocycles. The molecule has 0 saturated heterocycles. The van der Waals surface area contributed by atoms with Crippen molar-refractivity contribution in [1.82, 2.24) is 5.32 Å². The van der Waals surface area contributed by atoms with Crippen LogP contribution in [0.5, 0.6) is 0 Å². The van der Waals surface area contributed by atoms with Gasteiger partial charge in [0, 0.05) is 12.8 Å². The summed E-state index contributed by atoms with van der Waals surface area (Å²) in [5.41, 5.74) is 0. The van der Waals surface area contributed by atoms with Gasteiger partial charge >= 0.3 is 5.97 Å². The average molecular weight is 1270 g/mol. The lowest BCUT2D eigenvalue weighted by Gasteiger charge is -2.22. The zero-order chi connectivity index (χ0) is 64.9. The SMILES string of the molecule is CCCCCCCC/C=C\CCCCCCCC(=O)OCCCCCCCCCCCCCCCC/C=C\CCCCCCCCCCCCCCCCCCCC(=O)NC(CO)C(O)CCCCCCCCCCCCCCCCCCCCCCCCC. The van der Waals surface area contributed by atoms with E-state index < -0.39 is 12.1 Å². The van der Waals surface area contributed by atoms with Gasteiger partial charge in [0.2, 0.25) is 5.91 Å². The summed E-state index contributed by atoms with van der Waals surface area (Å²) in [6.07, 6.45) is 103. The van der Waals surface area contributed by atoms with Crippen LogP contribution in [0.2, 0.25) is 0 Å².